The number of rotatable bonds is 2. The molecule has 0 radical (unpaired) electrons. The Balaban J connectivity index is 1.70. The topological polar surface area (TPSA) is 44.9 Å². The maximum Gasteiger partial charge on any atom is 0.251 e. The van der Waals surface area contributed by atoms with Crippen molar-refractivity contribution < 1.29 is 4.79 Å². The fourth-order valence-corrected chi connectivity index (χ4v) is 3.31. The first-order valence-corrected chi connectivity index (χ1v) is 8.15. The molecule has 1 fully saturated rings. The molecular formula is C19H26N2O. The molecule has 0 saturated heterocycles. The van der Waals surface area contributed by atoms with Gasteiger partial charge in [0.15, 0.2) is 0 Å². The number of carbonyl (C=O) groups is 1. The Hall–Kier alpha value is -1.77. The van der Waals surface area contributed by atoms with Crippen molar-refractivity contribution in [1.82, 2.24) is 10.3 Å². The Kier molecular flexibility index (Phi) is 3.54. The summed E-state index contributed by atoms with van der Waals surface area (Å²) in [5.41, 5.74) is 4.59. The van der Waals surface area contributed by atoms with Crippen LogP contribution in [0.5, 0.6) is 0 Å². The zero-order chi connectivity index (χ0) is 16.1. The first-order chi connectivity index (χ1) is 10.3. The largest absolute Gasteiger partial charge is 0.358 e. The van der Waals surface area contributed by atoms with Crippen LogP contribution in [0.4, 0.5) is 0 Å². The third-order valence-corrected chi connectivity index (χ3v) is 5.27. The van der Waals surface area contributed by atoms with Gasteiger partial charge in [0.25, 0.3) is 5.91 Å². The predicted molar refractivity (Wildman–Crippen MR) is 91.2 cm³/mol. The van der Waals surface area contributed by atoms with Crippen LogP contribution in [0.1, 0.15) is 55.2 Å². The summed E-state index contributed by atoms with van der Waals surface area (Å²) in [6.07, 6.45) is 2.19. The monoisotopic (exact) mass is 298 g/mol. The second-order valence-electron chi connectivity index (χ2n) is 7.84. The lowest BCUT2D eigenvalue weighted by Gasteiger charge is -2.43. The fraction of sp³-hybridized carbons (Fsp3) is 0.526. The third kappa shape index (κ3) is 2.65. The summed E-state index contributed by atoms with van der Waals surface area (Å²) in [6, 6.07) is 6.25. The molecule has 118 valence electrons. The standard InChI is InChI=1S/C19H26N2O/c1-11-12(2)20-17-7-6-13(8-16(11)17)18(22)21-15-9-14(10-15)19(3,4)5/h6-8,14-15,20H,9-10H2,1-5H3,(H,21,22). The van der Waals surface area contributed by atoms with Crippen molar-refractivity contribution in [2.75, 3.05) is 0 Å². The van der Waals surface area contributed by atoms with Crippen molar-refractivity contribution in [3.63, 3.8) is 0 Å². The Morgan fingerprint density at radius 2 is 1.91 bits per heavy atom. The van der Waals surface area contributed by atoms with Crippen LogP contribution in [0.15, 0.2) is 18.2 Å². The van der Waals surface area contributed by atoms with Crippen molar-refractivity contribution in [1.29, 1.82) is 0 Å². The van der Waals surface area contributed by atoms with Crippen LogP contribution in [0.25, 0.3) is 10.9 Å². The minimum atomic E-state index is 0.0533. The normalized spacial score (nSPS) is 21.7. The number of nitrogens with one attached hydrogen (secondary N) is 2. The van der Waals surface area contributed by atoms with Crippen molar-refractivity contribution in [2.24, 2.45) is 11.3 Å². The molecule has 1 amide bonds. The van der Waals surface area contributed by atoms with Crippen LogP contribution < -0.4 is 5.32 Å². The van der Waals surface area contributed by atoms with E-state index in [1.54, 1.807) is 0 Å². The van der Waals surface area contributed by atoms with Crippen LogP contribution in [0.2, 0.25) is 0 Å². The smallest absolute Gasteiger partial charge is 0.251 e. The molecule has 22 heavy (non-hydrogen) atoms. The van der Waals surface area contributed by atoms with Crippen molar-refractivity contribution in [3.05, 3.63) is 35.0 Å². The highest BCUT2D eigenvalue weighted by atomic mass is 16.1. The molecule has 2 N–H and O–H groups in total. The molecule has 0 unspecified atom stereocenters. The molecule has 1 aliphatic carbocycles. The Morgan fingerprint density at radius 1 is 1.23 bits per heavy atom. The summed E-state index contributed by atoms with van der Waals surface area (Å²) >= 11 is 0. The molecule has 1 aromatic heterocycles. The summed E-state index contributed by atoms with van der Waals surface area (Å²) in [5.74, 6) is 0.771. The molecule has 1 aromatic carbocycles. The van der Waals surface area contributed by atoms with Gasteiger partial charge in [-0.05, 0) is 61.8 Å². The van der Waals surface area contributed by atoms with Gasteiger partial charge < -0.3 is 10.3 Å². The van der Waals surface area contributed by atoms with Gasteiger partial charge in [-0.15, -0.1) is 0 Å². The van der Waals surface area contributed by atoms with Gasteiger partial charge in [0.05, 0.1) is 0 Å². The van der Waals surface area contributed by atoms with Crippen molar-refractivity contribution in [3.8, 4) is 0 Å². The first-order valence-electron chi connectivity index (χ1n) is 8.15. The number of carbonyl (C=O) groups excluding carboxylic acids is 1. The van der Waals surface area contributed by atoms with Gasteiger partial charge in [0.2, 0.25) is 0 Å². The summed E-state index contributed by atoms with van der Waals surface area (Å²) < 4.78 is 0. The van der Waals surface area contributed by atoms with E-state index >= 15 is 0 Å². The molecule has 3 rings (SSSR count). The van der Waals surface area contributed by atoms with Gasteiger partial charge in [-0.3, -0.25) is 4.79 Å². The predicted octanol–water partition coefficient (Wildman–Crippen LogP) is 4.34. The number of amides is 1. The summed E-state index contributed by atoms with van der Waals surface area (Å²) in [7, 11) is 0. The second-order valence-corrected chi connectivity index (χ2v) is 7.84. The number of hydrogen-bond acceptors (Lipinski definition) is 1. The Labute approximate surface area is 132 Å². The van der Waals surface area contributed by atoms with E-state index in [2.05, 4.69) is 44.9 Å². The van der Waals surface area contributed by atoms with E-state index < -0.39 is 0 Å². The summed E-state index contributed by atoms with van der Waals surface area (Å²) in [4.78, 5) is 15.8. The fourth-order valence-electron chi connectivity index (χ4n) is 3.31. The maximum atomic E-state index is 12.4. The van der Waals surface area contributed by atoms with E-state index in [-0.39, 0.29) is 5.91 Å². The average molecular weight is 298 g/mol. The molecular weight excluding hydrogens is 272 g/mol. The van der Waals surface area contributed by atoms with Gasteiger partial charge in [0.1, 0.15) is 0 Å². The zero-order valence-corrected chi connectivity index (χ0v) is 14.2. The van der Waals surface area contributed by atoms with Gasteiger partial charge >= 0.3 is 0 Å². The SMILES string of the molecule is Cc1[nH]c2ccc(C(=O)NC3CC(C(C)(C)C)C3)cc2c1C. The highest BCUT2D eigenvalue weighted by molar-refractivity contribution is 5.99. The summed E-state index contributed by atoms with van der Waals surface area (Å²) in [6.45, 7) is 11.0. The molecule has 3 nitrogen and oxygen atoms in total. The molecule has 0 spiro atoms. The van der Waals surface area contributed by atoms with Crippen LogP contribution >= 0.6 is 0 Å². The van der Waals surface area contributed by atoms with Crippen molar-refractivity contribution in [2.45, 2.75) is 53.5 Å². The number of H-pyrrole nitrogens is 1. The van der Waals surface area contributed by atoms with Gasteiger partial charge in [-0.2, -0.15) is 0 Å². The quantitative estimate of drug-likeness (QED) is 0.851. The Bertz CT molecular complexity index is 715. The van der Waals surface area contributed by atoms with E-state index in [9.17, 15) is 4.79 Å². The van der Waals surface area contributed by atoms with Crippen LogP contribution in [0.3, 0.4) is 0 Å². The number of aryl methyl sites for hydroxylation is 2. The number of aromatic amines is 1. The molecule has 1 saturated carbocycles. The van der Waals surface area contributed by atoms with E-state index in [1.165, 1.54) is 11.3 Å². The molecule has 1 aliphatic rings. The van der Waals surface area contributed by atoms with E-state index in [0.717, 1.165) is 35.2 Å². The Morgan fingerprint density at radius 3 is 2.55 bits per heavy atom. The number of fused-ring (bicyclic) bond motifs is 1. The molecule has 0 aliphatic heterocycles. The highest BCUT2D eigenvalue weighted by Gasteiger charge is 2.37. The summed E-state index contributed by atoms with van der Waals surface area (Å²) in [5, 5.41) is 4.32. The average Bonchev–Trinajstić information content (AvgIpc) is 2.67. The zero-order valence-electron chi connectivity index (χ0n) is 14.2. The lowest BCUT2D eigenvalue weighted by Crippen LogP contribution is -2.48. The second kappa shape index (κ2) is 5.15. The molecule has 0 atom stereocenters. The minimum absolute atomic E-state index is 0.0533. The molecule has 1 heterocycles. The van der Waals surface area contributed by atoms with Gasteiger partial charge in [-0.1, -0.05) is 20.8 Å². The highest BCUT2D eigenvalue weighted by Crippen LogP contribution is 2.41. The van der Waals surface area contributed by atoms with Gasteiger partial charge in [0, 0.05) is 28.2 Å². The van der Waals surface area contributed by atoms with Crippen molar-refractivity contribution >= 4 is 16.8 Å². The van der Waals surface area contributed by atoms with Crippen LogP contribution in [0, 0.1) is 25.2 Å². The first kappa shape index (κ1) is 15.1. The van der Waals surface area contributed by atoms with E-state index in [1.807, 2.05) is 18.2 Å². The maximum absolute atomic E-state index is 12.4. The van der Waals surface area contributed by atoms with E-state index in [0.29, 0.717) is 11.5 Å². The minimum Gasteiger partial charge on any atom is -0.358 e. The number of hydrogen-bond donors (Lipinski definition) is 2. The third-order valence-electron chi connectivity index (χ3n) is 5.27. The molecule has 2 aromatic rings. The lowest BCUT2D eigenvalue weighted by atomic mass is 9.66. The number of benzene rings is 1. The number of aromatic nitrogens is 1. The van der Waals surface area contributed by atoms with Crippen LogP contribution in [-0.2, 0) is 0 Å². The van der Waals surface area contributed by atoms with E-state index in [4.69, 9.17) is 0 Å². The van der Waals surface area contributed by atoms with Crippen LogP contribution in [-0.4, -0.2) is 16.9 Å². The molecule has 3 heteroatoms. The van der Waals surface area contributed by atoms with Gasteiger partial charge in [-0.25, -0.2) is 0 Å². The lowest BCUT2D eigenvalue weighted by molar-refractivity contribution is 0.0746. The molecule has 0 bridgehead atoms.